The fourth-order valence-electron chi connectivity index (χ4n) is 1.34. The minimum atomic E-state index is -3.54. The van der Waals surface area contributed by atoms with E-state index in [2.05, 4.69) is 15.9 Å². The highest BCUT2D eigenvalue weighted by molar-refractivity contribution is 9.10. The van der Waals surface area contributed by atoms with Gasteiger partial charge in [0.05, 0.1) is 11.0 Å². The lowest BCUT2D eigenvalue weighted by atomic mass is 10.3. The Bertz CT molecular complexity index is 517. The van der Waals surface area contributed by atoms with Crippen LogP contribution in [0.5, 0.6) is 0 Å². The molecule has 1 atom stereocenters. The Hall–Kier alpha value is -0.630. The van der Waals surface area contributed by atoms with Gasteiger partial charge in [0, 0.05) is 23.8 Å². The number of rotatable bonds is 5. The van der Waals surface area contributed by atoms with Crippen LogP contribution < -0.4 is 5.73 Å². The SMILES string of the molecule is CC(O)CCN(C)S(=O)(=O)c1ccc(N)c(Br)c1. The highest BCUT2D eigenvalue weighted by Crippen LogP contribution is 2.24. The summed E-state index contributed by atoms with van der Waals surface area (Å²) in [6.45, 7) is 1.89. The predicted octanol–water partition coefficient (Wildman–Crippen LogP) is 1.42. The van der Waals surface area contributed by atoms with Crippen molar-refractivity contribution >= 4 is 31.6 Å². The van der Waals surface area contributed by atoms with E-state index in [1.807, 2.05) is 0 Å². The smallest absolute Gasteiger partial charge is 0.242 e. The quantitative estimate of drug-likeness (QED) is 0.796. The van der Waals surface area contributed by atoms with Crippen LogP contribution in [-0.4, -0.2) is 37.5 Å². The van der Waals surface area contributed by atoms with Gasteiger partial charge in [-0.1, -0.05) is 0 Å². The molecule has 5 nitrogen and oxygen atoms in total. The summed E-state index contributed by atoms with van der Waals surface area (Å²) in [5, 5.41) is 9.17. The molecule has 1 aromatic rings. The molecule has 7 heteroatoms. The number of hydrogen-bond donors (Lipinski definition) is 2. The summed E-state index contributed by atoms with van der Waals surface area (Å²) < 4.78 is 26.2. The number of anilines is 1. The number of aliphatic hydroxyl groups is 1. The second-order valence-corrected chi connectivity index (χ2v) is 7.05. The molecule has 0 radical (unpaired) electrons. The maximum Gasteiger partial charge on any atom is 0.242 e. The minimum absolute atomic E-state index is 0.177. The summed E-state index contributed by atoms with van der Waals surface area (Å²) in [7, 11) is -2.05. The molecule has 18 heavy (non-hydrogen) atoms. The van der Waals surface area contributed by atoms with Crippen LogP contribution in [0.2, 0.25) is 0 Å². The molecule has 0 aliphatic rings. The molecule has 1 unspecified atom stereocenters. The zero-order valence-electron chi connectivity index (χ0n) is 10.3. The molecular formula is C11H17BrN2O3S. The molecule has 0 saturated heterocycles. The summed E-state index contributed by atoms with van der Waals surface area (Å²) in [6.07, 6.45) is -0.132. The van der Waals surface area contributed by atoms with Crippen molar-refractivity contribution in [2.24, 2.45) is 0 Å². The molecule has 0 spiro atoms. The average Bonchev–Trinajstić information content (AvgIpc) is 2.29. The molecule has 0 saturated carbocycles. The zero-order chi connectivity index (χ0) is 13.9. The van der Waals surface area contributed by atoms with E-state index in [1.165, 1.54) is 23.5 Å². The van der Waals surface area contributed by atoms with Crippen LogP contribution in [-0.2, 0) is 10.0 Å². The second kappa shape index (κ2) is 6.01. The maximum atomic E-state index is 12.2. The summed E-state index contributed by atoms with van der Waals surface area (Å²) in [4.78, 5) is 0.177. The van der Waals surface area contributed by atoms with Crippen LogP contribution in [0.3, 0.4) is 0 Å². The van der Waals surface area contributed by atoms with Gasteiger partial charge in [-0.15, -0.1) is 0 Å². The van der Waals surface area contributed by atoms with E-state index in [9.17, 15) is 13.5 Å². The number of nitrogens with zero attached hydrogens (tertiary/aromatic N) is 1. The number of nitrogen functional groups attached to an aromatic ring is 1. The standard InChI is InChI=1S/C11H17BrN2O3S/c1-8(15)5-6-14(2)18(16,17)9-3-4-11(13)10(12)7-9/h3-4,7-8,15H,5-6,13H2,1-2H3. The van der Waals surface area contributed by atoms with Crippen LogP contribution in [0.15, 0.2) is 27.6 Å². The number of sulfonamides is 1. The fraction of sp³-hybridized carbons (Fsp3) is 0.455. The van der Waals surface area contributed by atoms with Gasteiger partial charge in [0.15, 0.2) is 0 Å². The number of benzene rings is 1. The van der Waals surface area contributed by atoms with Gasteiger partial charge in [0.25, 0.3) is 0 Å². The van der Waals surface area contributed by atoms with Crippen LogP contribution in [0.25, 0.3) is 0 Å². The lowest BCUT2D eigenvalue weighted by Gasteiger charge is -2.18. The zero-order valence-corrected chi connectivity index (χ0v) is 12.7. The molecule has 0 aliphatic heterocycles. The van der Waals surface area contributed by atoms with E-state index in [-0.39, 0.29) is 11.4 Å². The first kappa shape index (κ1) is 15.4. The monoisotopic (exact) mass is 336 g/mol. The fourth-order valence-corrected chi connectivity index (χ4v) is 3.08. The first-order chi connectivity index (χ1) is 8.25. The average molecular weight is 337 g/mol. The topological polar surface area (TPSA) is 83.6 Å². The predicted molar refractivity (Wildman–Crippen MR) is 74.7 cm³/mol. The van der Waals surface area contributed by atoms with Crippen molar-refractivity contribution in [2.45, 2.75) is 24.3 Å². The third-order valence-corrected chi connectivity index (χ3v) is 5.08. The molecule has 0 fully saturated rings. The molecule has 0 aromatic heterocycles. The van der Waals surface area contributed by atoms with Crippen LogP contribution in [0.4, 0.5) is 5.69 Å². The van der Waals surface area contributed by atoms with Crippen molar-refractivity contribution in [3.8, 4) is 0 Å². The molecule has 0 aliphatic carbocycles. The summed E-state index contributed by atoms with van der Waals surface area (Å²) in [6, 6.07) is 4.48. The normalized spacial score (nSPS) is 13.8. The second-order valence-electron chi connectivity index (χ2n) is 4.15. The summed E-state index contributed by atoms with van der Waals surface area (Å²) in [5.74, 6) is 0. The molecular weight excluding hydrogens is 320 g/mol. The van der Waals surface area contributed by atoms with Crippen molar-refractivity contribution < 1.29 is 13.5 Å². The van der Waals surface area contributed by atoms with Crippen molar-refractivity contribution in [1.29, 1.82) is 0 Å². The lowest BCUT2D eigenvalue weighted by Crippen LogP contribution is -2.29. The van der Waals surface area contributed by atoms with Crippen molar-refractivity contribution in [2.75, 3.05) is 19.3 Å². The highest BCUT2D eigenvalue weighted by Gasteiger charge is 2.21. The molecule has 1 rings (SSSR count). The molecule has 102 valence electrons. The minimum Gasteiger partial charge on any atom is -0.398 e. The Morgan fingerprint density at radius 1 is 1.50 bits per heavy atom. The van der Waals surface area contributed by atoms with Gasteiger partial charge in [-0.3, -0.25) is 0 Å². The number of halogens is 1. The van der Waals surface area contributed by atoms with Gasteiger partial charge in [-0.25, -0.2) is 12.7 Å². The largest absolute Gasteiger partial charge is 0.398 e. The van der Waals surface area contributed by atoms with E-state index >= 15 is 0 Å². The van der Waals surface area contributed by atoms with Gasteiger partial charge >= 0.3 is 0 Å². The van der Waals surface area contributed by atoms with E-state index in [1.54, 1.807) is 13.0 Å². The third kappa shape index (κ3) is 3.68. The lowest BCUT2D eigenvalue weighted by molar-refractivity contribution is 0.177. The van der Waals surface area contributed by atoms with E-state index < -0.39 is 16.1 Å². The number of aliphatic hydroxyl groups excluding tert-OH is 1. The van der Waals surface area contributed by atoms with Crippen LogP contribution in [0.1, 0.15) is 13.3 Å². The van der Waals surface area contributed by atoms with Gasteiger partial charge < -0.3 is 10.8 Å². The van der Waals surface area contributed by atoms with Crippen LogP contribution >= 0.6 is 15.9 Å². The first-order valence-corrected chi connectivity index (χ1v) is 7.68. The Labute approximate surface area is 116 Å². The van der Waals surface area contributed by atoms with Gasteiger partial charge in [-0.05, 0) is 47.5 Å². The molecule has 0 heterocycles. The molecule has 1 aromatic carbocycles. The Kier molecular flexibility index (Phi) is 5.15. The van der Waals surface area contributed by atoms with E-state index in [0.717, 1.165) is 0 Å². The Morgan fingerprint density at radius 2 is 2.11 bits per heavy atom. The molecule has 0 amide bonds. The van der Waals surface area contributed by atoms with Crippen molar-refractivity contribution in [3.63, 3.8) is 0 Å². The third-order valence-electron chi connectivity index (χ3n) is 2.54. The van der Waals surface area contributed by atoms with Gasteiger partial charge in [-0.2, -0.15) is 0 Å². The van der Waals surface area contributed by atoms with E-state index in [4.69, 9.17) is 5.73 Å². The van der Waals surface area contributed by atoms with E-state index in [0.29, 0.717) is 16.6 Å². The van der Waals surface area contributed by atoms with Crippen molar-refractivity contribution in [3.05, 3.63) is 22.7 Å². The number of nitrogens with two attached hydrogens (primary N) is 1. The molecule has 3 N–H and O–H groups in total. The van der Waals surface area contributed by atoms with Gasteiger partial charge in [0.1, 0.15) is 0 Å². The summed E-state index contributed by atoms with van der Waals surface area (Å²) >= 11 is 3.20. The van der Waals surface area contributed by atoms with Crippen molar-refractivity contribution in [1.82, 2.24) is 4.31 Å². The summed E-state index contributed by atoms with van der Waals surface area (Å²) in [5.41, 5.74) is 6.10. The first-order valence-electron chi connectivity index (χ1n) is 5.44. The highest BCUT2D eigenvalue weighted by atomic mass is 79.9. The van der Waals surface area contributed by atoms with Crippen LogP contribution in [0, 0.1) is 0 Å². The number of hydrogen-bond acceptors (Lipinski definition) is 4. The maximum absolute atomic E-state index is 12.2. The Balaban J connectivity index is 2.95. The Morgan fingerprint density at radius 3 is 2.61 bits per heavy atom. The molecule has 0 bridgehead atoms. The van der Waals surface area contributed by atoms with Gasteiger partial charge in [0.2, 0.25) is 10.0 Å².